The minimum atomic E-state index is -3.83. The normalized spacial score (nSPS) is 11.7. The predicted octanol–water partition coefficient (Wildman–Crippen LogP) is 2.87. The molecular weight excluding hydrogens is 348 g/mol. The fraction of sp³-hybridized carbons (Fsp3) is 0.385. The number of aromatic nitrogens is 2. The summed E-state index contributed by atoms with van der Waals surface area (Å²) in [7, 11) is 3.32. The Bertz CT molecular complexity index is 837. The monoisotopic (exact) mass is 362 g/mol. The van der Waals surface area contributed by atoms with E-state index in [1.165, 1.54) is 6.07 Å². The summed E-state index contributed by atoms with van der Waals surface area (Å²) in [4.78, 5) is 16.6. The van der Waals surface area contributed by atoms with Crippen molar-refractivity contribution < 1.29 is 17.9 Å². The highest BCUT2D eigenvalue weighted by molar-refractivity contribution is 8.13. The number of hydrogen-bond donors (Lipinski definition) is 0. The number of esters is 1. The SMILES string of the molecule is CCOC(=O)c1sc(-c2cc(S(=O)(=O)Cl)c(C)n2C)nc1C. The van der Waals surface area contributed by atoms with Crippen molar-refractivity contribution in [2.75, 3.05) is 6.61 Å². The summed E-state index contributed by atoms with van der Waals surface area (Å²) in [6.45, 7) is 5.38. The Labute approximate surface area is 137 Å². The van der Waals surface area contributed by atoms with Crippen LogP contribution in [0.15, 0.2) is 11.0 Å². The van der Waals surface area contributed by atoms with Crippen molar-refractivity contribution in [1.29, 1.82) is 0 Å². The van der Waals surface area contributed by atoms with Crippen molar-refractivity contribution >= 4 is 37.0 Å². The number of hydrogen-bond acceptors (Lipinski definition) is 6. The Balaban J connectivity index is 2.55. The number of carbonyl (C=O) groups excluding carboxylic acids is 1. The zero-order valence-corrected chi connectivity index (χ0v) is 14.9. The van der Waals surface area contributed by atoms with Crippen LogP contribution in [0.1, 0.15) is 28.0 Å². The highest BCUT2D eigenvalue weighted by Crippen LogP contribution is 2.33. The third-order valence-electron chi connectivity index (χ3n) is 3.23. The number of halogens is 1. The average molecular weight is 363 g/mol. The third kappa shape index (κ3) is 3.04. The lowest BCUT2D eigenvalue weighted by Gasteiger charge is -2.01. The first-order valence-electron chi connectivity index (χ1n) is 6.42. The van der Waals surface area contributed by atoms with Gasteiger partial charge in [0.25, 0.3) is 9.05 Å². The molecule has 0 fully saturated rings. The number of ether oxygens (including phenoxy) is 1. The van der Waals surface area contributed by atoms with Crippen molar-refractivity contribution in [1.82, 2.24) is 9.55 Å². The van der Waals surface area contributed by atoms with E-state index in [9.17, 15) is 13.2 Å². The van der Waals surface area contributed by atoms with E-state index in [0.29, 0.717) is 27.0 Å². The van der Waals surface area contributed by atoms with E-state index >= 15 is 0 Å². The quantitative estimate of drug-likeness (QED) is 0.617. The molecule has 0 bridgehead atoms. The van der Waals surface area contributed by atoms with Crippen molar-refractivity contribution in [2.24, 2.45) is 7.05 Å². The molecule has 0 atom stereocenters. The van der Waals surface area contributed by atoms with Gasteiger partial charge in [0.2, 0.25) is 0 Å². The van der Waals surface area contributed by atoms with Crippen LogP contribution in [0.25, 0.3) is 10.7 Å². The van der Waals surface area contributed by atoms with Gasteiger partial charge in [0.15, 0.2) is 0 Å². The molecule has 120 valence electrons. The summed E-state index contributed by atoms with van der Waals surface area (Å²) in [5.41, 5.74) is 1.64. The molecule has 6 nitrogen and oxygen atoms in total. The fourth-order valence-corrected chi connectivity index (χ4v) is 4.24. The Morgan fingerprint density at radius 3 is 2.59 bits per heavy atom. The van der Waals surface area contributed by atoms with Gasteiger partial charge in [0.05, 0.1) is 18.0 Å². The molecule has 0 saturated heterocycles. The second-order valence-electron chi connectivity index (χ2n) is 4.63. The minimum Gasteiger partial charge on any atom is -0.462 e. The predicted molar refractivity (Wildman–Crippen MR) is 85.0 cm³/mol. The van der Waals surface area contributed by atoms with Gasteiger partial charge in [-0.2, -0.15) is 0 Å². The topological polar surface area (TPSA) is 78.3 Å². The van der Waals surface area contributed by atoms with Gasteiger partial charge in [-0.1, -0.05) is 0 Å². The molecule has 2 aromatic heterocycles. The lowest BCUT2D eigenvalue weighted by Crippen LogP contribution is -2.03. The van der Waals surface area contributed by atoms with Crippen molar-refractivity contribution in [3.05, 3.63) is 22.3 Å². The van der Waals surface area contributed by atoms with Crippen molar-refractivity contribution in [3.8, 4) is 10.7 Å². The van der Waals surface area contributed by atoms with E-state index in [-0.39, 0.29) is 11.5 Å². The van der Waals surface area contributed by atoms with Crippen LogP contribution < -0.4 is 0 Å². The summed E-state index contributed by atoms with van der Waals surface area (Å²) < 4.78 is 29.8. The van der Waals surface area contributed by atoms with Gasteiger partial charge >= 0.3 is 5.97 Å². The van der Waals surface area contributed by atoms with Crippen LogP contribution in [0.5, 0.6) is 0 Å². The smallest absolute Gasteiger partial charge is 0.350 e. The van der Waals surface area contributed by atoms with E-state index < -0.39 is 15.0 Å². The Morgan fingerprint density at radius 2 is 2.09 bits per heavy atom. The van der Waals surface area contributed by atoms with Crippen LogP contribution in [0, 0.1) is 13.8 Å². The molecule has 0 aliphatic carbocycles. The molecule has 22 heavy (non-hydrogen) atoms. The third-order valence-corrected chi connectivity index (χ3v) is 5.83. The zero-order chi connectivity index (χ0) is 16.7. The number of rotatable bonds is 4. The van der Waals surface area contributed by atoms with E-state index in [1.54, 1.807) is 32.4 Å². The molecule has 2 heterocycles. The molecule has 0 unspecified atom stereocenters. The molecule has 2 aromatic rings. The summed E-state index contributed by atoms with van der Waals surface area (Å²) in [6, 6.07) is 1.46. The van der Waals surface area contributed by atoms with Crippen LogP contribution >= 0.6 is 22.0 Å². The summed E-state index contributed by atoms with van der Waals surface area (Å²) in [6.07, 6.45) is 0. The van der Waals surface area contributed by atoms with E-state index in [4.69, 9.17) is 15.4 Å². The maximum Gasteiger partial charge on any atom is 0.350 e. The van der Waals surface area contributed by atoms with Crippen LogP contribution in [0.4, 0.5) is 0 Å². The molecule has 0 N–H and O–H groups in total. The molecule has 0 amide bonds. The van der Waals surface area contributed by atoms with Gasteiger partial charge in [0.1, 0.15) is 14.8 Å². The van der Waals surface area contributed by atoms with Gasteiger partial charge in [0, 0.05) is 23.4 Å². The Hall–Kier alpha value is -1.38. The lowest BCUT2D eigenvalue weighted by atomic mass is 10.4. The van der Waals surface area contributed by atoms with Crippen LogP contribution in [-0.2, 0) is 20.8 Å². The molecule has 0 aliphatic heterocycles. The average Bonchev–Trinajstić information content (AvgIpc) is 2.92. The number of thiazole rings is 1. The van der Waals surface area contributed by atoms with Gasteiger partial charge in [-0.25, -0.2) is 18.2 Å². The van der Waals surface area contributed by atoms with Crippen molar-refractivity contribution in [2.45, 2.75) is 25.7 Å². The minimum absolute atomic E-state index is 0.0391. The van der Waals surface area contributed by atoms with E-state index in [1.807, 2.05) is 0 Å². The molecular formula is C13H15ClN2O4S2. The maximum atomic E-state index is 11.9. The van der Waals surface area contributed by atoms with Gasteiger partial charge in [-0.15, -0.1) is 11.3 Å². The van der Waals surface area contributed by atoms with Gasteiger partial charge in [-0.3, -0.25) is 0 Å². The fourth-order valence-electron chi connectivity index (χ4n) is 2.02. The van der Waals surface area contributed by atoms with E-state index in [0.717, 1.165) is 11.3 Å². The first-order chi connectivity index (χ1) is 10.2. The number of aryl methyl sites for hydroxylation is 1. The molecule has 0 saturated carbocycles. The molecule has 0 radical (unpaired) electrons. The molecule has 0 spiro atoms. The highest BCUT2D eigenvalue weighted by atomic mass is 35.7. The number of nitrogens with zero attached hydrogens (tertiary/aromatic N) is 2. The maximum absolute atomic E-state index is 11.9. The molecule has 0 aromatic carbocycles. The zero-order valence-electron chi connectivity index (χ0n) is 12.5. The van der Waals surface area contributed by atoms with Gasteiger partial charge < -0.3 is 9.30 Å². The number of carbonyl (C=O) groups is 1. The van der Waals surface area contributed by atoms with Crippen LogP contribution in [0.3, 0.4) is 0 Å². The lowest BCUT2D eigenvalue weighted by molar-refractivity contribution is 0.0531. The summed E-state index contributed by atoms with van der Waals surface area (Å²) in [5, 5.41) is 0.540. The first-order valence-corrected chi connectivity index (χ1v) is 9.55. The second kappa shape index (κ2) is 6.02. The highest BCUT2D eigenvalue weighted by Gasteiger charge is 2.23. The van der Waals surface area contributed by atoms with Crippen LogP contribution in [-0.4, -0.2) is 30.5 Å². The summed E-state index contributed by atoms with van der Waals surface area (Å²) >= 11 is 1.16. The Kier molecular flexibility index (Phi) is 4.65. The Morgan fingerprint density at radius 1 is 1.45 bits per heavy atom. The van der Waals surface area contributed by atoms with Crippen LogP contribution in [0.2, 0.25) is 0 Å². The molecule has 2 rings (SSSR count). The second-order valence-corrected chi connectivity index (χ2v) is 8.16. The standard InChI is InChI=1S/C13H15ClN2O4S2/c1-5-20-13(17)11-7(2)15-12(21-11)9-6-10(22(14,18)19)8(3)16(9)4/h6H,5H2,1-4H3. The van der Waals surface area contributed by atoms with Gasteiger partial charge in [-0.05, 0) is 26.8 Å². The summed E-state index contributed by atoms with van der Waals surface area (Å²) in [5.74, 6) is -0.431. The largest absolute Gasteiger partial charge is 0.462 e. The van der Waals surface area contributed by atoms with E-state index in [2.05, 4.69) is 4.98 Å². The van der Waals surface area contributed by atoms with Crippen molar-refractivity contribution in [3.63, 3.8) is 0 Å². The first kappa shape index (κ1) is 17.0. The molecule has 9 heteroatoms. The molecule has 0 aliphatic rings.